The Hall–Kier alpha value is -2.11. The van der Waals surface area contributed by atoms with Crippen LogP contribution in [0, 0.1) is 5.82 Å². The van der Waals surface area contributed by atoms with Crippen molar-refractivity contribution in [1.29, 1.82) is 0 Å². The molecular weight excluding hydrogens is 345 g/mol. The molecule has 1 aromatic heterocycles. The van der Waals surface area contributed by atoms with Crippen LogP contribution in [0.2, 0.25) is 0 Å². The molecule has 132 valence electrons. The zero-order chi connectivity index (χ0) is 17.7. The molecule has 2 aliphatic rings. The third kappa shape index (κ3) is 2.75. The lowest BCUT2D eigenvalue weighted by molar-refractivity contribution is 0.459. The topological polar surface area (TPSA) is 37.3 Å². The van der Waals surface area contributed by atoms with Gasteiger partial charge < -0.3 is 5.32 Å². The number of thiazole rings is 1. The summed E-state index contributed by atoms with van der Waals surface area (Å²) in [7, 11) is 0. The minimum atomic E-state index is -0.220. The molecule has 0 amide bonds. The van der Waals surface area contributed by atoms with E-state index in [-0.39, 0.29) is 5.82 Å². The van der Waals surface area contributed by atoms with E-state index < -0.39 is 0 Å². The van der Waals surface area contributed by atoms with Gasteiger partial charge in [-0.1, -0.05) is 6.07 Å². The quantitative estimate of drug-likeness (QED) is 0.676. The lowest BCUT2D eigenvalue weighted by Crippen LogP contribution is -2.26. The minimum absolute atomic E-state index is 0.220. The first-order valence-corrected chi connectivity index (χ1v) is 9.97. The van der Waals surface area contributed by atoms with E-state index in [1.54, 1.807) is 17.4 Å². The Morgan fingerprint density at radius 3 is 2.81 bits per heavy atom. The van der Waals surface area contributed by atoms with E-state index in [1.807, 2.05) is 19.1 Å². The molecule has 1 fully saturated rings. The van der Waals surface area contributed by atoms with Gasteiger partial charge in [0, 0.05) is 18.1 Å². The lowest BCUT2D eigenvalue weighted by Gasteiger charge is -2.20. The number of aromatic nitrogens is 1. The summed E-state index contributed by atoms with van der Waals surface area (Å²) in [6.45, 7) is 4.08. The van der Waals surface area contributed by atoms with Crippen molar-refractivity contribution < 1.29 is 4.39 Å². The van der Waals surface area contributed by atoms with Crippen molar-refractivity contribution in [3.63, 3.8) is 0 Å². The third-order valence-electron chi connectivity index (χ3n) is 5.32. The number of hydrogen-bond donors (Lipinski definition) is 1. The maximum absolute atomic E-state index is 14.8. The van der Waals surface area contributed by atoms with E-state index in [1.165, 1.54) is 5.56 Å². The number of hydrogen-bond acceptors (Lipinski definition) is 4. The van der Waals surface area contributed by atoms with Crippen LogP contribution >= 0.6 is 11.3 Å². The fraction of sp³-hybridized carbons (Fsp3) is 0.333. The summed E-state index contributed by atoms with van der Waals surface area (Å²) in [4.78, 5) is 9.17. The van der Waals surface area contributed by atoms with E-state index in [2.05, 4.69) is 27.4 Å². The molecule has 2 aliphatic heterocycles. The molecule has 0 saturated carbocycles. The summed E-state index contributed by atoms with van der Waals surface area (Å²) >= 11 is 1.65. The number of rotatable bonds is 2. The second-order valence-electron chi connectivity index (χ2n) is 7.25. The smallest absolute Gasteiger partial charge is 0.150 e. The van der Waals surface area contributed by atoms with E-state index in [9.17, 15) is 4.39 Å². The van der Waals surface area contributed by atoms with E-state index in [0.29, 0.717) is 11.4 Å². The highest BCUT2D eigenvalue weighted by Gasteiger charge is 2.21. The van der Waals surface area contributed by atoms with Gasteiger partial charge in [0.25, 0.3) is 0 Å². The van der Waals surface area contributed by atoms with Crippen molar-refractivity contribution >= 4 is 33.0 Å². The van der Waals surface area contributed by atoms with Crippen molar-refractivity contribution in [3.8, 4) is 11.1 Å². The van der Waals surface area contributed by atoms with Crippen molar-refractivity contribution in [2.24, 2.45) is 4.99 Å². The molecule has 3 heterocycles. The molecule has 0 aliphatic carbocycles. The SMILES string of the molecule is CC1=Nc2ccc(-c3cc(F)c4nc(C5CCNCC5)sc4c3)cc2C1. The van der Waals surface area contributed by atoms with Gasteiger partial charge in [-0.15, -0.1) is 11.3 Å². The predicted octanol–water partition coefficient (Wildman–Crippen LogP) is 5.22. The van der Waals surface area contributed by atoms with Gasteiger partial charge in [0.2, 0.25) is 0 Å². The summed E-state index contributed by atoms with van der Waals surface area (Å²) in [5.74, 6) is 0.235. The zero-order valence-corrected chi connectivity index (χ0v) is 15.5. The molecule has 3 nitrogen and oxygen atoms in total. The first-order chi connectivity index (χ1) is 12.7. The second kappa shape index (κ2) is 6.25. The van der Waals surface area contributed by atoms with Crippen LogP contribution in [0.3, 0.4) is 0 Å². The normalized spacial score (nSPS) is 17.5. The molecule has 3 aromatic rings. The highest BCUT2D eigenvalue weighted by Crippen LogP contribution is 2.37. The number of nitrogens with one attached hydrogen (secondary N) is 1. The minimum Gasteiger partial charge on any atom is -0.317 e. The monoisotopic (exact) mass is 365 g/mol. The van der Waals surface area contributed by atoms with Crippen LogP contribution in [0.5, 0.6) is 0 Å². The van der Waals surface area contributed by atoms with Crippen LogP contribution in [0.4, 0.5) is 10.1 Å². The largest absolute Gasteiger partial charge is 0.317 e. The van der Waals surface area contributed by atoms with Gasteiger partial charge in [0.05, 0.1) is 15.4 Å². The number of aliphatic imine (C=N–C) groups is 1. The maximum atomic E-state index is 14.8. The zero-order valence-electron chi connectivity index (χ0n) is 14.7. The van der Waals surface area contributed by atoms with Gasteiger partial charge in [0.15, 0.2) is 5.82 Å². The van der Waals surface area contributed by atoms with Crippen LogP contribution in [0.15, 0.2) is 35.3 Å². The Morgan fingerprint density at radius 2 is 1.96 bits per heavy atom. The molecule has 5 heteroatoms. The van der Waals surface area contributed by atoms with Crippen molar-refractivity contribution in [2.75, 3.05) is 13.1 Å². The average Bonchev–Trinajstić information content (AvgIpc) is 3.24. The van der Waals surface area contributed by atoms with Crippen LogP contribution < -0.4 is 5.32 Å². The average molecular weight is 365 g/mol. The Balaban J connectivity index is 1.54. The highest BCUT2D eigenvalue weighted by atomic mass is 32.1. The van der Waals surface area contributed by atoms with Crippen molar-refractivity contribution in [1.82, 2.24) is 10.3 Å². The highest BCUT2D eigenvalue weighted by molar-refractivity contribution is 7.18. The van der Waals surface area contributed by atoms with E-state index >= 15 is 0 Å². The van der Waals surface area contributed by atoms with Crippen LogP contribution in [0.25, 0.3) is 21.3 Å². The van der Waals surface area contributed by atoms with E-state index in [0.717, 1.165) is 64.6 Å². The van der Waals surface area contributed by atoms with Gasteiger partial charge in [0.1, 0.15) is 5.52 Å². The van der Waals surface area contributed by atoms with Gasteiger partial charge in [-0.05, 0) is 73.8 Å². The maximum Gasteiger partial charge on any atom is 0.150 e. The summed E-state index contributed by atoms with van der Waals surface area (Å²) in [5, 5.41) is 4.46. The molecule has 0 unspecified atom stereocenters. The van der Waals surface area contributed by atoms with Crippen LogP contribution in [0.1, 0.15) is 36.3 Å². The molecule has 2 aromatic carbocycles. The first-order valence-electron chi connectivity index (χ1n) is 9.15. The fourth-order valence-corrected chi connectivity index (χ4v) is 5.14. The predicted molar refractivity (Wildman–Crippen MR) is 106 cm³/mol. The molecule has 1 saturated heterocycles. The number of piperidine rings is 1. The number of nitrogens with zero attached hydrogens (tertiary/aromatic N) is 2. The lowest BCUT2D eigenvalue weighted by atomic mass is 9.99. The summed E-state index contributed by atoms with van der Waals surface area (Å²) < 4.78 is 15.7. The van der Waals surface area contributed by atoms with Crippen LogP contribution in [-0.4, -0.2) is 23.8 Å². The Kier molecular flexibility index (Phi) is 3.87. The molecule has 5 rings (SSSR count). The second-order valence-corrected chi connectivity index (χ2v) is 8.31. The van der Waals surface area contributed by atoms with Crippen molar-refractivity contribution in [2.45, 2.75) is 32.1 Å². The number of fused-ring (bicyclic) bond motifs is 2. The fourth-order valence-electron chi connectivity index (χ4n) is 3.95. The Bertz CT molecular complexity index is 1030. The van der Waals surface area contributed by atoms with Crippen LogP contribution in [-0.2, 0) is 6.42 Å². The Morgan fingerprint density at radius 1 is 1.12 bits per heavy atom. The summed E-state index contributed by atoms with van der Waals surface area (Å²) in [5.41, 5.74) is 5.88. The van der Waals surface area contributed by atoms with Gasteiger partial charge in [-0.2, -0.15) is 0 Å². The molecule has 0 bridgehead atoms. The molecule has 0 radical (unpaired) electrons. The molecule has 0 spiro atoms. The summed E-state index contributed by atoms with van der Waals surface area (Å²) in [6.07, 6.45) is 3.05. The molecule has 1 N–H and O–H groups in total. The van der Waals surface area contributed by atoms with Gasteiger partial charge >= 0.3 is 0 Å². The van der Waals surface area contributed by atoms with E-state index in [4.69, 9.17) is 0 Å². The van der Waals surface area contributed by atoms with Gasteiger partial charge in [-0.25, -0.2) is 9.37 Å². The standard InChI is InChI=1S/C21H20FN3S/c1-12-8-16-9-14(2-3-18(16)24-12)15-10-17(22)20-19(11-15)26-21(25-20)13-4-6-23-7-5-13/h2-3,9-11,13,23H,4-8H2,1H3. The molecular formula is C21H20FN3S. The number of halogens is 1. The van der Waals surface area contributed by atoms with Crippen molar-refractivity contribution in [3.05, 3.63) is 46.7 Å². The molecule has 0 atom stereocenters. The first kappa shape index (κ1) is 16.1. The Labute approximate surface area is 156 Å². The molecule has 26 heavy (non-hydrogen) atoms. The summed E-state index contributed by atoms with van der Waals surface area (Å²) in [6, 6.07) is 9.93. The number of benzene rings is 2. The third-order valence-corrected chi connectivity index (χ3v) is 6.49. The van der Waals surface area contributed by atoms with Gasteiger partial charge in [-0.3, -0.25) is 4.99 Å².